The van der Waals surface area contributed by atoms with Crippen LogP contribution in [0.1, 0.15) is 52.7 Å². The lowest BCUT2D eigenvalue weighted by Gasteiger charge is -2.29. The Kier molecular flexibility index (Phi) is 5.36. The van der Waals surface area contributed by atoms with E-state index in [1.807, 2.05) is 12.3 Å². The fourth-order valence-corrected chi connectivity index (χ4v) is 3.75. The number of terminal acetylenes is 1. The minimum absolute atomic E-state index is 0.189. The molecule has 1 aromatic carbocycles. The highest BCUT2D eigenvalue weighted by atomic mass is 16.2. The van der Waals surface area contributed by atoms with Crippen molar-refractivity contribution < 1.29 is 14.4 Å². The van der Waals surface area contributed by atoms with Crippen LogP contribution in [-0.4, -0.2) is 38.4 Å². The van der Waals surface area contributed by atoms with Crippen molar-refractivity contribution in [2.24, 2.45) is 0 Å². The molecule has 0 spiro atoms. The Morgan fingerprint density at radius 3 is 2.90 bits per heavy atom. The number of hydrogen-bond acceptors (Lipinski definition) is 4. The Morgan fingerprint density at radius 2 is 2.13 bits per heavy atom. The summed E-state index contributed by atoms with van der Waals surface area (Å²) in [7, 11) is 0. The van der Waals surface area contributed by atoms with Gasteiger partial charge in [0.1, 0.15) is 6.04 Å². The number of fused-ring (bicyclic) bond motifs is 1. The molecule has 2 aromatic rings. The summed E-state index contributed by atoms with van der Waals surface area (Å²) < 4.78 is 1.80. The van der Waals surface area contributed by atoms with Crippen molar-refractivity contribution in [1.29, 1.82) is 0 Å². The zero-order valence-electron chi connectivity index (χ0n) is 16.4. The summed E-state index contributed by atoms with van der Waals surface area (Å²) in [6.45, 7) is 1.05. The van der Waals surface area contributed by atoms with Crippen molar-refractivity contribution in [3.63, 3.8) is 0 Å². The molecule has 3 heterocycles. The predicted octanol–water partition coefficient (Wildman–Crippen LogP) is 1.46. The number of rotatable bonds is 4. The van der Waals surface area contributed by atoms with Gasteiger partial charge in [-0.3, -0.25) is 24.4 Å². The lowest BCUT2D eigenvalue weighted by molar-refractivity contribution is -0.136. The average molecular weight is 400 g/mol. The largest absolute Gasteiger partial charge is 0.322 e. The summed E-state index contributed by atoms with van der Waals surface area (Å²) in [6.07, 6.45) is 10.9. The normalized spacial score (nSPS) is 17.8. The third-order valence-electron chi connectivity index (χ3n) is 5.29. The van der Waals surface area contributed by atoms with E-state index in [2.05, 4.69) is 28.2 Å². The van der Waals surface area contributed by atoms with E-state index in [9.17, 15) is 14.4 Å². The average Bonchev–Trinajstić information content (AvgIpc) is 3.33. The third kappa shape index (κ3) is 3.83. The summed E-state index contributed by atoms with van der Waals surface area (Å²) in [5, 5.41) is 6.51. The predicted molar refractivity (Wildman–Crippen MR) is 109 cm³/mol. The van der Waals surface area contributed by atoms with Crippen molar-refractivity contribution >= 4 is 17.7 Å². The molecule has 2 aliphatic rings. The number of nitrogens with one attached hydrogen (secondary N) is 1. The molecular formula is C23H20N4O3. The van der Waals surface area contributed by atoms with Gasteiger partial charge in [0.05, 0.1) is 11.8 Å². The van der Waals surface area contributed by atoms with Crippen molar-refractivity contribution in [2.45, 2.75) is 44.8 Å². The Hall–Kier alpha value is -3.84. The number of imide groups is 1. The molecule has 150 valence electrons. The van der Waals surface area contributed by atoms with Crippen LogP contribution in [0.5, 0.6) is 0 Å². The van der Waals surface area contributed by atoms with E-state index in [0.717, 1.165) is 29.7 Å². The lowest BCUT2D eigenvalue weighted by atomic mass is 10.0. The van der Waals surface area contributed by atoms with Crippen LogP contribution in [0.15, 0.2) is 30.6 Å². The van der Waals surface area contributed by atoms with E-state index in [0.29, 0.717) is 24.9 Å². The summed E-state index contributed by atoms with van der Waals surface area (Å²) in [4.78, 5) is 37.9. The number of unbranched alkanes of at least 4 members (excludes halogenated alkanes) is 1. The van der Waals surface area contributed by atoms with Crippen LogP contribution in [0.3, 0.4) is 0 Å². The van der Waals surface area contributed by atoms with E-state index in [1.54, 1.807) is 27.9 Å². The topological polar surface area (TPSA) is 84.3 Å². The summed E-state index contributed by atoms with van der Waals surface area (Å²) in [6, 6.07) is 4.83. The molecule has 1 fully saturated rings. The molecule has 1 unspecified atom stereocenters. The smallest absolute Gasteiger partial charge is 0.255 e. The number of benzene rings is 1. The zero-order valence-corrected chi connectivity index (χ0v) is 16.4. The van der Waals surface area contributed by atoms with Gasteiger partial charge in [0.25, 0.3) is 5.91 Å². The van der Waals surface area contributed by atoms with Crippen LogP contribution < -0.4 is 5.32 Å². The number of aryl methyl sites for hydroxylation is 1. The highest BCUT2D eigenvalue weighted by molar-refractivity contribution is 6.05. The van der Waals surface area contributed by atoms with Crippen molar-refractivity contribution in [2.75, 3.05) is 0 Å². The first-order valence-electron chi connectivity index (χ1n) is 9.81. The van der Waals surface area contributed by atoms with Crippen molar-refractivity contribution in [1.82, 2.24) is 20.0 Å². The summed E-state index contributed by atoms with van der Waals surface area (Å²) in [5.41, 5.74) is 2.96. The molecule has 3 amide bonds. The number of aromatic nitrogens is 2. The second-order valence-corrected chi connectivity index (χ2v) is 7.27. The van der Waals surface area contributed by atoms with Crippen LogP contribution >= 0.6 is 0 Å². The van der Waals surface area contributed by atoms with Crippen molar-refractivity contribution in [3.05, 3.63) is 52.8 Å². The zero-order chi connectivity index (χ0) is 21.1. The molecule has 4 rings (SSSR count). The van der Waals surface area contributed by atoms with E-state index >= 15 is 0 Å². The molecule has 1 N–H and O–H groups in total. The van der Waals surface area contributed by atoms with Gasteiger partial charge in [0, 0.05) is 43.3 Å². The van der Waals surface area contributed by atoms with Gasteiger partial charge in [-0.25, -0.2) is 0 Å². The first-order valence-corrected chi connectivity index (χ1v) is 9.81. The van der Waals surface area contributed by atoms with Crippen LogP contribution in [0, 0.1) is 24.2 Å². The first-order chi connectivity index (χ1) is 14.6. The number of carbonyl (C=O) groups is 3. The van der Waals surface area contributed by atoms with Gasteiger partial charge in [0.2, 0.25) is 11.8 Å². The molecule has 0 bridgehead atoms. The third-order valence-corrected chi connectivity index (χ3v) is 5.29. The summed E-state index contributed by atoms with van der Waals surface area (Å²) in [5.74, 6) is 7.98. The molecule has 7 nitrogen and oxygen atoms in total. The van der Waals surface area contributed by atoms with E-state index in [1.165, 1.54) is 0 Å². The van der Waals surface area contributed by atoms with Crippen LogP contribution in [0.2, 0.25) is 0 Å². The maximum atomic E-state index is 12.8. The maximum absolute atomic E-state index is 12.8. The maximum Gasteiger partial charge on any atom is 0.255 e. The number of nitrogens with zero attached hydrogens (tertiary/aromatic N) is 3. The second kappa shape index (κ2) is 8.26. The lowest BCUT2D eigenvalue weighted by Crippen LogP contribution is -2.52. The van der Waals surface area contributed by atoms with E-state index in [4.69, 9.17) is 6.42 Å². The van der Waals surface area contributed by atoms with Gasteiger partial charge in [0.15, 0.2) is 0 Å². The quantitative estimate of drug-likeness (QED) is 0.478. The SMILES string of the molecule is C#Cc1cnn(CCCC#Cc2cccc3c2CN(C2CCC(=O)NC2=O)C3=O)c1. The Bertz CT molecular complexity index is 1130. The summed E-state index contributed by atoms with van der Waals surface area (Å²) >= 11 is 0. The minimum Gasteiger partial charge on any atom is -0.322 e. The molecule has 30 heavy (non-hydrogen) atoms. The standard InChI is InChI=1S/C23H20N4O3/c1-2-16-13-24-26(14-16)12-5-3-4-7-17-8-6-9-18-19(17)15-27(23(18)30)20-10-11-21(28)25-22(20)29/h1,6,8-9,13-14,20H,3,5,10-12,15H2,(H,25,28,29). The molecule has 0 radical (unpaired) electrons. The first kappa shape index (κ1) is 19.5. The number of carbonyl (C=O) groups excluding carboxylic acids is 3. The number of hydrogen-bond donors (Lipinski definition) is 1. The number of amides is 3. The second-order valence-electron chi connectivity index (χ2n) is 7.27. The Balaban J connectivity index is 1.42. The molecular weight excluding hydrogens is 380 g/mol. The Labute approximate surface area is 174 Å². The van der Waals surface area contributed by atoms with Gasteiger partial charge in [-0.1, -0.05) is 23.8 Å². The highest BCUT2D eigenvalue weighted by Crippen LogP contribution is 2.29. The monoisotopic (exact) mass is 400 g/mol. The van der Waals surface area contributed by atoms with Gasteiger partial charge in [-0.2, -0.15) is 5.10 Å². The van der Waals surface area contributed by atoms with Crippen molar-refractivity contribution in [3.8, 4) is 24.2 Å². The van der Waals surface area contributed by atoms with E-state index in [-0.39, 0.29) is 18.2 Å². The van der Waals surface area contributed by atoms with Gasteiger partial charge in [-0.15, -0.1) is 6.42 Å². The van der Waals surface area contributed by atoms with Crippen LogP contribution in [-0.2, 0) is 22.7 Å². The Morgan fingerprint density at radius 1 is 1.27 bits per heavy atom. The van der Waals surface area contributed by atoms with Crippen LogP contribution in [0.4, 0.5) is 0 Å². The van der Waals surface area contributed by atoms with E-state index < -0.39 is 11.9 Å². The molecule has 1 atom stereocenters. The van der Waals surface area contributed by atoms with Gasteiger partial charge in [-0.05, 0) is 30.5 Å². The molecule has 1 saturated heterocycles. The molecule has 0 saturated carbocycles. The highest BCUT2D eigenvalue weighted by Gasteiger charge is 2.39. The minimum atomic E-state index is -0.620. The molecule has 1 aromatic heterocycles. The number of piperidine rings is 1. The molecule has 0 aliphatic carbocycles. The fraction of sp³-hybridized carbons (Fsp3) is 0.304. The fourth-order valence-electron chi connectivity index (χ4n) is 3.75. The van der Waals surface area contributed by atoms with Crippen LogP contribution in [0.25, 0.3) is 0 Å². The molecule has 7 heteroatoms. The van der Waals surface area contributed by atoms with Gasteiger partial charge < -0.3 is 4.90 Å². The van der Waals surface area contributed by atoms with Gasteiger partial charge >= 0.3 is 0 Å². The molecule has 2 aliphatic heterocycles.